The second kappa shape index (κ2) is 5.55. The molecule has 3 unspecified atom stereocenters. The number of hydrogen-bond donors (Lipinski definition) is 1. The largest absolute Gasteiger partial charge is 0.379 e. The van der Waals surface area contributed by atoms with E-state index in [1.165, 1.54) is 12.5 Å². The van der Waals surface area contributed by atoms with Gasteiger partial charge in [0.05, 0.1) is 5.69 Å². The number of benzene rings is 1. The van der Waals surface area contributed by atoms with Gasteiger partial charge in [-0.15, -0.1) is 0 Å². The first-order valence-electron chi connectivity index (χ1n) is 6.38. The molecule has 1 N–H and O–H groups in total. The number of rotatable bonds is 2. The quantitative estimate of drug-likeness (QED) is 0.812. The van der Waals surface area contributed by atoms with Gasteiger partial charge in [-0.2, -0.15) is 0 Å². The maximum Gasteiger partial charge on any atom is 0.150 e. The molecule has 1 fully saturated rings. The van der Waals surface area contributed by atoms with Crippen LogP contribution in [0, 0.1) is 23.5 Å². The van der Waals surface area contributed by atoms with Gasteiger partial charge in [-0.1, -0.05) is 20.3 Å². The van der Waals surface area contributed by atoms with Crippen LogP contribution in [0.4, 0.5) is 14.5 Å². The molecule has 1 aromatic rings. The summed E-state index contributed by atoms with van der Waals surface area (Å²) >= 11 is 3.22. The van der Waals surface area contributed by atoms with Gasteiger partial charge in [0.2, 0.25) is 0 Å². The van der Waals surface area contributed by atoms with Crippen molar-refractivity contribution in [2.45, 2.75) is 39.2 Å². The zero-order chi connectivity index (χ0) is 13.3. The molecule has 0 spiro atoms. The minimum absolute atomic E-state index is 0.255. The maximum atomic E-state index is 13.8. The number of halogens is 3. The van der Waals surface area contributed by atoms with Crippen LogP contribution in [0.1, 0.15) is 33.1 Å². The monoisotopic (exact) mass is 317 g/mol. The second-order valence-electron chi connectivity index (χ2n) is 5.39. The number of anilines is 1. The van der Waals surface area contributed by atoms with Crippen molar-refractivity contribution in [1.29, 1.82) is 0 Å². The summed E-state index contributed by atoms with van der Waals surface area (Å²) in [6, 6.07) is 2.47. The van der Waals surface area contributed by atoms with E-state index in [0.29, 0.717) is 22.0 Å². The summed E-state index contributed by atoms with van der Waals surface area (Å²) in [5.74, 6) is 0.0702. The van der Waals surface area contributed by atoms with Crippen molar-refractivity contribution >= 4 is 21.6 Å². The van der Waals surface area contributed by atoms with Crippen molar-refractivity contribution in [1.82, 2.24) is 0 Å². The molecule has 100 valence electrons. The lowest BCUT2D eigenvalue weighted by atomic mass is 9.80. The maximum absolute atomic E-state index is 13.8. The highest BCUT2D eigenvalue weighted by atomic mass is 79.9. The Bertz CT molecular complexity index is 413. The Hall–Kier alpha value is -0.640. The van der Waals surface area contributed by atoms with Gasteiger partial charge in [0.1, 0.15) is 11.6 Å². The Morgan fingerprint density at radius 1 is 1.22 bits per heavy atom. The molecule has 0 heterocycles. The fourth-order valence-electron chi connectivity index (χ4n) is 2.60. The molecule has 1 saturated carbocycles. The molecule has 18 heavy (non-hydrogen) atoms. The van der Waals surface area contributed by atoms with Gasteiger partial charge in [0.25, 0.3) is 0 Å². The fraction of sp³-hybridized carbons (Fsp3) is 0.571. The minimum atomic E-state index is -0.560. The van der Waals surface area contributed by atoms with Crippen molar-refractivity contribution in [3.05, 3.63) is 28.2 Å². The van der Waals surface area contributed by atoms with Crippen LogP contribution in [-0.4, -0.2) is 6.04 Å². The van der Waals surface area contributed by atoms with Crippen LogP contribution in [0.5, 0.6) is 0 Å². The molecule has 0 amide bonds. The average molecular weight is 318 g/mol. The predicted octanol–water partition coefficient (Wildman–Crippen LogP) is 4.96. The zero-order valence-corrected chi connectivity index (χ0v) is 12.2. The standard InChI is InChI=1S/C14H18BrF2N/c1-8-3-4-9(2)13(5-8)18-14-11(15)6-10(16)7-12(14)17/h6-9,13,18H,3-5H2,1-2H3. The highest BCUT2D eigenvalue weighted by Gasteiger charge is 2.26. The average Bonchev–Trinajstić information content (AvgIpc) is 2.28. The molecule has 1 aromatic carbocycles. The van der Waals surface area contributed by atoms with E-state index in [9.17, 15) is 8.78 Å². The first-order valence-corrected chi connectivity index (χ1v) is 7.17. The van der Waals surface area contributed by atoms with Crippen molar-refractivity contribution in [3.8, 4) is 0 Å². The molecule has 2 rings (SSSR count). The molecule has 0 radical (unpaired) electrons. The molecule has 4 heteroatoms. The summed E-state index contributed by atoms with van der Waals surface area (Å²) in [4.78, 5) is 0. The van der Waals surface area contributed by atoms with Crippen LogP contribution in [-0.2, 0) is 0 Å². The van der Waals surface area contributed by atoms with Crippen molar-refractivity contribution < 1.29 is 8.78 Å². The van der Waals surface area contributed by atoms with Crippen molar-refractivity contribution in [2.75, 3.05) is 5.32 Å². The summed E-state index contributed by atoms with van der Waals surface area (Å²) in [7, 11) is 0. The summed E-state index contributed by atoms with van der Waals surface area (Å²) in [6.45, 7) is 4.40. The second-order valence-corrected chi connectivity index (χ2v) is 6.25. The van der Waals surface area contributed by atoms with Crippen LogP contribution in [0.2, 0.25) is 0 Å². The summed E-state index contributed by atoms with van der Waals surface area (Å²) in [5, 5.41) is 3.24. The highest BCUT2D eigenvalue weighted by molar-refractivity contribution is 9.10. The van der Waals surface area contributed by atoms with Gasteiger partial charge in [-0.25, -0.2) is 8.78 Å². The van der Waals surface area contributed by atoms with E-state index in [-0.39, 0.29) is 6.04 Å². The van der Waals surface area contributed by atoms with E-state index in [0.717, 1.165) is 18.9 Å². The van der Waals surface area contributed by atoms with E-state index in [4.69, 9.17) is 0 Å². The van der Waals surface area contributed by atoms with Crippen LogP contribution >= 0.6 is 15.9 Å². The first kappa shape index (κ1) is 13.8. The van der Waals surface area contributed by atoms with E-state index < -0.39 is 11.6 Å². The lowest BCUT2D eigenvalue weighted by molar-refractivity contribution is 0.280. The van der Waals surface area contributed by atoms with Gasteiger partial charge in [-0.3, -0.25) is 0 Å². The third kappa shape index (κ3) is 3.02. The molecular formula is C14H18BrF2N. The van der Waals surface area contributed by atoms with Gasteiger partial charge in [0, 0.05) is 16.6 Å². The van der Waals surface area contributed by atoms with Crippen LogP contribution in [0.15, 0.2) is 16.6 Å². The molecule has 0 bridgehead atoms. The van der Waals surface area contributed by atoms with Crippen LogP contribution in [0.3, 0.4) is 0 Å². The highest BCUT2D eigenvalue weighted by Crippen LogP contribution is 2.34. The summed E-state index contributed by atoms with van der Waals surface area (Å²) in [5.41, 5.74) is 0.377. The van der Waals surface area contributed by atoms with E-state index >= 15 is 0 Å². The fourth-order valence-corrected chi connectivity index (χ4v) is 3.12. The Morgan fingerprint density at radius 3 is 2.61 bits per heavy atom. The third-order valence-electron chi connectivity index (χ3n) is 3.79. The van der Waals surface area contributed by atoms with Gasteiger partial charge >= 0.3 is 0 Å². The van der Waals surface area contributed by atoms with Gasteiger partial charge in [-0.05, 0) is 46.7 Å². The smallest absolute Gasteiger partial charge is 0.150 e. The molecule has 0 aliphatic heterocycles. The SMILES string of the molecule is CC1CCC(C)C(Nc2c(F)cc(F)cc2Br)C1. The zero-order valence-electron chi connectivity index (χ0n) is 10.6. The van der Waals surface area contributed by atoms with Gasteiger partial charge < -0.3 is 5.32 Å². The summed E-state index contributed by atoms with van der Waals surface area (Å²) < 4.78 is 27.2. The van der Waals surface area contributed by atoms with Crippen LogP contribution < -0.4 is 5.32 Å². The molecule has 0 aromatic heterocycles. The van der Waals surface area contributed by atoms with Crippen molar-refractivity contribution in [2.24, 2.45) is 11.8 Å². The van der Waals surface area contributed by atoms with E-state index in [1.807, 2.05) is 0 Å². The Labute approximate surface area is 115 Å². The molecule has 1 nitrogen and oxygen atoms in total. The van der Waals surface area contributed by atoms with Gasteiger partial charge in [0.15, 0.2) is 0 Å². The van der Waals surface area contributed by atoms with E-state index in [2.05, 4.69) is 35.1 Å². The minimum Gasteiger partial charge on any atom is -0.379 e. The Morgan fingerprint density at radius 2 is 1.94 bits per heavy atom. The third-order valence-corrected chi connectivity index (χ3v) is 4.42. The predicted molar refractivity (Wildman–Crippen MR) is 73.6 cm³/mol. The normalized spacial score (nSPS) is 28.2. The lowest BCUT2D eigenvalue weighted by Crippen LogP contribution is -2.33. The lowest BCUT2D eigenvalue weighted by Gasteiger charge is -2.34. The molecule has 0 saturated heterocycles. The number of hydrogen-bond acceptors (Lipinski definition) is 1. The van der Waals surface area contributed by atoms with Crippen LogP contribution in [0.25, 0.3) is 0 Å². The number of nitrogens with one attached hydrogen (secondary N) is 1. The first-order chi connectivity index (χ1) is 8.47. The molecular weight excluding hydrogens is 300 g/mol. The summed E-state index contributed by atoms with van der Waals surface area (Å²) in [6.07, 6.45) is 3.41. The molecule has 1 aliphatic carbocycles. The van der Waals surface area contributed by atoms with Crippen molar-refractivity contribution in [3.63, 3.8) is 0 Å². The Kier molecular flexibility index (Phi) is 4.25. The molecule has 3 atom stereocenters. The van der Waals surface area contributed by atoms with E-state index in [1.54, 1.807) is 0 Å². The Balaban J connectivity index is 2.18. The molecule has 1 aliphatic rings. The topological polar surface area (TPSA) is 12.0 Å².